The van der Waals surface area contributed by atoms with Gasteiger partial charge < -0.3 is 15.5 Å². The molecule has 6 heteroatoms. The minimum atomic E-state index is -0.857. The van der Waals surface area contributed by atoms with E-state index in [0.717, 1.165) is 12.8 Å². The minimum Gasteiger partial charge on any atom is -0.394 e. The third-order valence-electron chi connectivity index (χ3n) is 3.17. The topological polar surface area (TPSA) is 69.6 Å². The van der Waals surface area contributed by atoms with Crippen LogP contribution < -0.4 is 5.32 Å². The second-order valence-electron chi connectivity index (χ2n) is 7.76. The van der Waals surface area contributed by atoms with Crippen LogP contribution in [0.3, 0.4) is 0 Å². The van der Waals surface area contributed by atoms with Crippen molar-refractivity contribution >= 4 is 14.3 Å². The monoisotopic (exact) mass is 495 g/mol. The number of hydrogen-bond donors (Lipinski definition) is 3. The summed E-state index contributed by atoms with van der Waals surface area (Å²) in [4.78, 5) is 12.1. The summed E-state index contributed by atoms with van der Waals surface area (Å²) < 4.78 is 0. The molecule has 0 aliphatic rings. The number of nitrogens with one attached hydrogen (secondary N) is 1. The Morgan fingerprint density at radius 3 is 2.13 bits per heavy atom. The van der Waals surface area contributed by atoms with Crippen molar-refractivity contribution in [1.82, 2.24) is 5.32 Å². The zero-order valence-corrected chi connectivity index (χ0v) is 18.5. The molecule has 4 nitrogen and oxygen atoms in total. The molecule has 0 rings (SSSR count). The van der Waals surface area contributed by atoms with E-state index >= 15 is 0 Å². The molecule has 0 saturated carbocycles. The first-order valence-corrected chi connectivity index (χ1v) is 7.76. The summed E-state index contributed by atoms with van der Waals surface area (Å²) in [7, 11) is 0. The predicted octanol–water partition coefficient (Wildman–Crippen LogP) is 1.99. The molecule has 23 heavy (non-hydrogen) atoms. The first kappa shape index (κ1) is 27.7. The molecule has 0 aliphatic heterocycles. The molecule has 0 saturated heterocycles. The summed E-state index contributed by atoms with van der Waals surface area (Å²) in [5, 5.41) is 22.0. The van der Waals surface area contributed by atoms with Crippen LogP contribution in [0.25, 0.3) is 0 Å². The molecule has 0 aliphatic carbocycles. The number of rotatable bonds is 8. The van der Waals surface area contributed by atoms with Crippen LogP contribution in [-0.2, 0) is 25.9 Å². The Bertz CT molecular complexity index is 354. The third kappa shape index (κ3) is 14.0. The third-order valence-corrected chi connectivity index (χ3v) is 3.17. The number of allylic oxidation sites excluding steroid dienone is 1. The van der Waals surface area contributed by atoms with Gasteiger partial charge in [-0.3, -0.25) is 4.79 Å². The molecule has 2 radical (unpaired) electrons. The summed E-state index contributed by atoms with van der Waals surface area (Å²) >= 11 is 0. The molecule has 3 N–H and O–H groups in total. The van der Waals surface area contributed by atoms with Crippen molar-refractivity contribution in [2.24, 2.45) is 10.8 Å². The zero-order chi connectivity index (χ0) is 16.7. The number of carbonyl (C=O) groups is 1. The van der Waals surface area contributed by atoms with E-state index in [1.807, 2.05) is 13.0 Å². The van der Waals surface area contributed by atoms with Gasteiger partial charge >= 0.3 is 0 Å². The van der Waals surface area contributed by atoms with Crippen LogP contribution in [0.15, 0.2) is 12.2 Å². The molecule has 0 aromatic rings. The Balaban J connectivity index is -0.00000200. The maximum atomic E-state index is 12.1. The van der Waals surface area contributed by atoms with Gasteiger partial charge in [0.05, 0.1) is 18.8 Å². The summed E-state index contributed by atoms with van der Waals surface area (Å²) in [5.74, 6) is -0.132. The van der Waals surface area contributed by atoms with Crippen LogP contribution >= 0.6 is 0 Å². The SMILES string of the molecule is CC/C=C/C(O)C(CO)NC(=O)CC(C)(C)CC(C)(C)C.[BH].[W]. The Kier molecular flexibility index (Phi) is 14.8. The van der Waals surface area contributed by atoms with Gasteiger partial charge in [-0.2, -0.15) is 0 Å². The van der Waals surface area contributed by atoms with Crippen LogP contribution in [0.5, 0.6) is 0 Å². The van der Waals surface area contributed by atoms with Crippen LogP contribution in [-0.4, -0.2) is 43.3 Å². The van der Waals surface area contributed by atoms with Gasteiger partial charge in [0.2, 0.25) is 5.91 Å². The smallest absolute Gasteiger partial charge is 0.220 e. The first-order chi connectivity index (χ1) is 9.50. The molecule has 1 amide bonds. The van der Waals surface area contributed by atoms with Gasteiger partial charge in [0.1, 0.15) is 0 Å². The molecular formula is C17H34BNO3W. The Morgan fingerprint density at radius 1 is 1.22 bits per heavy atom. The van der Waals surface area contributed by atoms with Crippen molar-refractivity contribution in [3.63, 3.8) is 0 Å². The standard InChI is InChI=1S/C17H33NO3.BH.W/c1-7-8-9-14(20)13(11-19)18-15(21)10-17(5,6)12-16(2,3)4;;/h8-9,13-14,19-20H,7,10-12H2,1-6H3,(H,18,21);1H;/b9-8+;;. The van der Waals surface area contributed by atoms with Gasteiger partial charge in [-0.15, -0.1) is 0 Å². The molecule has 0 heterocycles. The Hall–Kier alpha value is -0.117. The van der Waals surface area contributed by atoms with E-state index in [1.54, 1.807) is 6.08 Å². The number of aliphatic hydroxyl groups excluding tert-OH is 2. The minimum absolute atomic E-state index is 0. The second-order valence-corrected chi connectivity index (χ2v) is 7.76. The molecule has 2 atom stereocenters. The maximum Gasteiger partial charge on any atom is 0.220 e. The van der Waals surface area contributed by atoms with E-state index in [2.05, 4.69) is 39.9 Å². The average Bonchev–Trinajstić information content (AvgIpc) is 2.28. The van der Waals surface area contributed by atoms with Crippen LogP contribution in [0.4, 0.5) is 0 Å². The van der Waals surface area contributed by atoms with E-state index in [4.69, 9.17) is 0 Å². The molecule has 0 fully saturated rings. The van der Waals surface area contributed by atoms with Crippen molar-refractivity contribution in [1.29, 1.82) is 0 Å². The van der Waals surface area contributed by atoms with Crippen molar-refractivity contribution in [3.8, 4) is 0 Å². The van der Waals surface area contributed by atoms with Gasteiger partial charge in [-0.1, -0.05) is 53.7 Å². The summed E-state index contributed by atoms with van der Waals surface area (Å²) in [6, 6.07) is -0.647. The molecule has 0 aromatic carbocycles. The fraction of sp³-hybridized carbons (Fsp3) is 0.824. The van der Waals surface area contributed by atoms with Gasteiger partial charge in [0.15, 0.2) is 0 Å². The van der Waals surface area contributed by atoms with Gasteiger partial charge in [-0.25, -0.2) is 0 Å². The normalized spacial score (nSPS) is 14.6. The average molecular weight is 495 g/mol. The summed E-state index contributed by atoms with van der Waals surface area (Å²) in [6.45, 7) is 12.3. The fourth-order valence-electron chi connectivity index (χ4n) is 2.84. The quantitative estimate of drug-likeness (QED) is 0.357. The fourth-order valence-corrected chi connectivity index (χ4v) is 2.84. The van der Waals surface area contributed by atoms with E-state index in [0.29, 0.717) is 6.42 Å². The largest absolute Gasteiger partial charge is 0.394 e. The maximum absolute atomic E-state index is 12.1. The van der Waals surface area contributed by atoms with Gasteiger partial charge in [-0.05, 0) is 23.7 Å². The zero-order valence-electron chi connectivity index (χ0n) is 15.6. The van der Waals surface area contributed by atoms with Crippen LogP contribution in [0, 0.1) is 10.8 Å². The van der Waals surface area contributed by atoms with E-state index in [-0.39, 0.29) is 52.8 Å². The number of amides is 1. The van der Waals surface area contributed by atoms with E-state index < -0.39 is 12.1 Å². The molecular weight excluding hydrogens is 461 g/mol. The molecule has 0 aromatic heterocycles. The Labute approximate surface area is 158 Å². The number of carbonyl (C=O) groups excluding carboxylic acids is 1. The predicted molar refractivity (Wildman–Crippen MR) is 94.1 cm³/mol. The van der Waals surface area contributed by atoms with Gasteiger partial charge in [0, 0.05) is 35.9 Å². The van der Waals surface area contributed by atoms with E-state index in [9.17, 15) is 15.0 Å². The van der Waals surface area contributed by atoms with E-state index in [1.165, 1.54) is 0 Å². The van der Waals surface area contributed by atoms with Crippen molar-refractivity contribution in [2.75, 3.05) is 6.61 Å². The molecule has 2 unspecified atom stereocenters. The molecule has 0 bridgehead atoms. The van der Waals surface area contributed by atoms with Crippen LogP contribution in [0.2, 0.25) is 0 Å². The number of hydrogen-bond acceptors (Lipinski definition) is 3. The summed E-state index contributed by atoms with van der Waals surface area (Å²) in [5.41, 5.74) is 0.0378. The van der Waals surface area contributed by atoms with Gasteiger partial charge in [0.25, 0.3) is 0 Å². The van der Waals surface area contributed by atoms with Crippen LogP contribution in [0.1, 0.15) is 60.8 Å². The second kappa shape index (κ2) is 12.3. The summed E-state index contributed by atoms with van der Waals surface area (Å²) in [6.07, 6.45) is 4.69. The Morgan fingerprint density at radius 2 is 1.74 bits per heavy atom. The van der Waals surface area contributed by atoms with Crippen molar-refractivity contribution < 1.29 is 36.1 Å². The molecule has 134 valence electrons. The first-order valence-electron chi connectivity index (χ1n) is 7.76. The van der Waals surface area contributed by atoms with Crippen molar-refractivity contribution in [2.45, 2.75) is 73.0 Å². The molecule has 0 spiro atoms. The number of aliphatic hydroxyl groups is 2. The van der Waals surface area contributed by atoms with Crippen molar-refractivity contribution in [3.05, 3.63) is 12.2 Å².